The number of carbonyl (C=O) groups is 2. The van der Waals surface area contributed by atoms with Crippen LogP contribution in [0.5, 0.6) is 0 Å². The minimum atomic E-state index is -0.723. The maximum atomic E-state index is 13.0. The van der Waals surface area contributed by atoms with Gasteiger partial charge in [0.1, 0.15) is 12.4 Å². The molecule has 11 heteroatoms. The number of non-ortho nitro benzene ring substituents is 1. The molecule has 1 aromatic rings. The van der Waals surface area contributed by atoms with Crippen LogP contribution in [0.2, 0.25) is 0 Å². The van der Waals surface area contributed by atoms with Crippen molar-refractivity contribution in [1.82, 2.24) is 14.7 Å². The SMILES string of the molecule is CC(=NC(=O)OCc1ccc([N+](=O)[O-])cc1)N1CCN(C(=O)[C@@H]2C[C@H](S)CN2C)C(C)C1. The molecule has 1 unspecified atom stereocenters. The Bertz CT molecular complexity index is 893. The van der Waals surface area contributed by atoms with Gasteiger partial charge >= 0.3 is 6.09 Å². The lowest BCUT2D eigenvalue weighted by atomic mass is 10.1. The number of likely N-dealkylation sites (N-methyl/N-ethyl adjacent to an activating group) is 1. The molecule has 0 aromatic heterocycles. The Morgan fingerprint density at radius 3 is 2.50 bits per heavy atom. The number of hydrogen-bond donors (Lipinski definition) is 1. The predicted octanol–water partition coefficient (Wildman–Crippen LogP) is 2.18. The van der Waals surface area contributed by atoms with Gasteiger partial charge in [0.2, 0.25) is 5.91 Å². The van der Waals surface area contributed by atoms with E-state index in [-0.39, 0.29) is 35.5 Å². The molecule has 1 aromatic carbocycles. The average Bonchev–Trinajstić information content (AvgIpc) is 3.09. The standard InChI is InChI=1S/C21H29N5O5S/c1-14-11-24(8-9-25(14)20(27)19-10-18(32)12-23(19)3)15(2)22-21(28)31-13-16-4-6-17(7-5-16)26(29)30/h4-7,14,18-19,32H,8-13H2,1-3H3/t14?,18-,19-/m0/s1. The number of amides is 2. The van der Waals surface area contributed by atoms with Crippen LogP contribution < -0.4 is 0 Å². The second-order valence-corrected chi connectivity index (χ2v) is 9.04. The Morgan fingerprint density at radius 1 is 1.25 bits per heavy atom. The summed E-state index contributed by atoms with van der Waals surface area (Å²) in [5.74, 6) is 0.666. The zero-order valence-corrected chi connectivity index (χ0v) is 19.4. The fourth-order valence-electron chi connectivity index (χ4n) is 4.13. The lowest BCUT2D eigenvalue weighted by Crippen LogP contribution is -2.58. The minimum Gasteiger partial charge on any atom is -0.443 e. The summed E-state index contributed by atoms with van der Waals surface area (Å²) in [6.07, 6.45) is 0.0336. The second kappa shape index (κ2) is 10.3. The van der Waals surface area contributed by atoms with E-state index in [1.807, 2.05) is 23.8 Å². The zero-order chi connectivity index (χ0) is 23.4. The maximum Gasteiger partial charge on any atom is 0.435 e. The number of rotatable bonds is 4. The number of amidine groups is 1. The highest BCUT2D eigenvalue weighted by molar-refractivity contribution is 7.81. The molecule has 2 amide bonds. The minimum absolute atomic E-state index is 0.00935. The van der Waals surface area contributed by atoms with E-state index in [1.54, 1.807) is 6.92 Å². The van der Waals surface area contributed by atoms with Gasteiger partial charge in [0.25, 0.3) is 5.69 Å². The molecule has 2 saturated heterocycles. The normalized spacial score (nSPS) is 24.5. The molecule has 2 heterocycles. The van der Waals surface area contributed by atoms with Crippen LogP contribution in [0.1, 0.15) is 25.8 Å². The number of likely N-dealkylation sites (tertiary alicyclic amines) is 1. The van der Waals surface area contributed by atoms with Crippen molar-refractivity contribution in [1.29, 1.82) is 0 Å². The maximum absolute atomic E-state index is 13.0. The third-order valence-corrected chi connectivity index (χ3v) is 6.32. The fourth-order valence-corrected chi connectivity index (χ4v) is 4.58. The Labute approximate surface area is 192 Å². The van der Waals surface area contributed by atoms with Crippen LogP contribution in [-0.4, -0.2) is 88.0 Å². The van der Waals surface area contributed by atoms with Gasteiger partial charge in [-0.05, 0) is 45.0 Å². The summed E-state index contributed by atoms with van der Waals surface area (Å²) in [5.41, 5.74) is 0.614. The first-order valence-electron chi connectivity index (χ1n) is 10.5. The first-order chi connectivity index (χ1) is 15.2. The summed E-state index contributed by atoms with van der Waals surface area (Å²) in [6.45, 7) is 6.26. The number of hydrogen-bond acceptors (Lipinski definition) is 7. The van der Waals surface area contributed by atoms with E-state index >= 15 is 0 Å². The van der Waals surface area contributed by atoms with E-state index in [9.17, 15) is 19.7 Å². The van der Waals surface area contributed by atoms with E-state index in [1.165, 1.54) is 24.3 Å². The van der Waals surface area contributed by atoms with Crippen LogP contribution >= 0.6 is 12.6 Å². The van der Waals surface area contributed by atoms with Crippen molar-refractivity contribution in [3.8, 4) is 0 Å². The van der Waals surface area contributed by atoms with Crippen LogP contribution in [-0.2, 0) is 16.1 Å². The van der Waals surface area contributed by atoms with Gasteiger partial charge in [0.05, 0.1) is 11.0 Å². The van der Waals surface area contributed by atoms with Crippen LogP contribution in [0.3, 0.4) is 0 Å². The van der Waals surface area contributed by atoms with Gasteiger partial charge in [-0.15, -0.1) is 0 Å². The molecule has 0 radical (unpaired) electrons. The van der Waals surface area contributed by atoms with E-state index < -0.39 is 11.0 Å². The fraction of sp³-hybridized carbons (Fsp3) is 0.571. The quantitative estimate of drug-likeness (QED) is 0.240. The summed E-state index contributed by atoms with van der Waals surface area (Å²) in [4.78, 5) is 45.3. The van der Waals surface area contributed by atoms with Gasteiger partial charge in [-0.1, -0.05) is 0 Å². The number of carbonyl (C=O) groups excluding carboxylic acids is 2. The molecule has 0 aliphatic carbocycles. The van der Waals surface area contributed by atoms with Crippen molar-refractivity contribution in [2.75, 3.05) is 33.2 Å². The third-order valence-electron chi connectivity index (χ3n) is 5.94. The van der Waals surface area contributed by atoms with Gasteiger partial charge in [0, 0.05) is 49.6 Å². The van der Waals surface area contributed by atoms with Crippen molar-refractivity contribution in [3.05, 3.63) is 39.9 Å². The number of piperazine rings is 1. The van der Waals surface area contributed by atoms with Crippen molar-refractivity contribution in [2.45, 2.75) is 44.2 Å². The molecule has 2 fully saturated rings. The Balaban J connectivity index is 1.51. The molecule has 0 N–H and O–H groups in total. The highest BCUT2D eigenvalue weighted by atomic mass is 32.1. The van der Waals surface area contributed by atoms with Crippen molar-refractivity contribution in [2.24, 2.45) is 4.99 Å². The highest BCUT2D eigenvalue weighted by Crippen LogP contribution is 2.23. The lowest BCUT2D eigenvalue weighted by Gasteiger charge is -2.42. The van der Waals surface area contributed by atoms with E-state index in [4.69, 9.17) is 4.74 Å². The largest absolute Gasteiger partial charge is 0.443 e. The number of nitro groups is 1. The zero-order valence-electron chi connectivity index (χ0n) is 18.5. The first-order valence-corrected chi connectivity index (χ1v) is 11.1. The van der Waals surface area contributed by atoms with Gasteiger partial charge < -0.3 is 14.5 Å². The summed E-state index contributed by atoms with van der Waals surface area (Å²) >= 11 is 4.51. The van der Waals surface area contributed by atoms with Crippen molar-refractivity contribution < 1.29 is 19.2 Å². The van der Waals surface area contributed by atoms with Crippen LogP contribution in [0.15, 0.2) is 29.3 Å². The summed E-state index contributed by atoms with van der Waals surface area (Å²) in [6, 6.07) is 5.66. The van der Waals surface area contributed by atoms with Gasteiger partial charge in [-0.25, -0.2) is 4.79 Å². The molecular weight excluding hydrogens is 434 g/mol. The number of benzene rings is 1. The smallest absolute Gasteiger partial charge is 0.435 e. The highest BCUT2D eigenvalue weighted by Gasteiger charge is 2.38. The number of nitro benzene ring substituents is 1. The topological polar surface area (TPSA) is 109 Å². The number of ether oxygens (including phenoxy) is 1. The molecule has 2 aliphatic heterocycles. The Kier molecular flexibility index (Phi) is 7.73. The molecule has 2 aliphatic rings. The van der Waals surface area contributed by atoms with Crippen molar-refractivity contribution >= 4 is 36.2 Å². The first kappa shape index (κ1) is 24.0. The van der Waals surface area contributed by atoms with Crippen molar-refractivity contribution in [3.63, 3.8) is 0 Å². The monoisotopic (exact) mass is 463 g/mol. The Hall–Kier alpha value is -2.66. The molecule has 3 atom stereocenters. The van der Waals surface area contributed by atoms with E-state index in [0.29, 0.717) is 31.0 Å². The predicted molar refractivity (Wildman–Crippen MR) is 123 cm³/mol. The second-order valence-electron chi connectivity index (χ2n) is 8.31. The van der Waals surface area contributed by atoms with Gasteiger partial charge in [-0.2, -0.15) is 17.6 Å². The number of aliphatic imine (C=N–C) groups is 1. The van der Waals surface area contributed by atoms with Crippen LogP contribution in [0.25, 0.3) is 0 Å². The molecule has 0 spiro atoms. The summed E-state index contributed by atoms with van der Waals surface area (Å²) in [5, 5.41) is 10.9. The lowest BCUT2D eigenvalue weighted by molar-refractivity contribution is -0.384. The average molecular weight is 464 g/mol. The summed E-state index contributed by atoms with van der Waals surface area (Å²) < 4.78 is 5.17. The van der Waals surface area contributed by atoms with Gasteiger partial charge in [0.15, 0.2) is 0 Å². The molecule has 10 nitrogen and oxygen atoms in total. The molecule has 0 saturated carbocycles. The van der Waals surface area contributed by atoms with E-state index in [2.05, 4.69) is 22.5 Å². The van der Waals surface area contributed by atoms with Crippen LogP contribution in [0, 0.1) is 10.1 Å². The molecule has 0 bridgehead atoms. The number of nitrogens with zero attached hydrogens (tertiary/aromatic N) is 5. The number of thiol groups is 1. The summed E-state index contributed by atoms with van der Waals surface area (Å²) in [7, 11) is 1.96. The van der Waals surface area contributed by atoms with Crippen LogP contribution in [0.4, 0.5) is 10.5 Å². The molecule has 3 rings (SSSR count). The van der Waals surface area contributed by atoms with E-state index in [0.717, 1.165) is 13.0 Å². The third kappa shape index (κ3) is 5.77. The molecule has 174 valence electrons. The van der Waals surface area contributed by atoms with Gasteiger partial charge in [-0.3, -0.25) is 19.8 Å². The molecule has 32 heavy (non-hydrogen) atoms. The Morgan fingerprint density at radius 2 is 1.94 bits per heavy atom. The molecular formula is C21H29N5O5S.